The first-order valence-electron chi connectivity index (χ1n) is 7.00. The van der Waals surface area contributed by atoms with Gasteiger partial charge in [0.2, 0.25) is 0 Å². The number of anilines is 1. The molecule has 0 radical (unpaired) electrons. The van der Waals surface area contributed by atoms with E-state index < -0.39 is 0 Å². The topological polar surface area (TPSA) is 42.5 Å². The minimum atomic E-state index is -0.368. The lowest BCUT2D eigenvalue weighted by atomic mass is 10.2. The lowest BCUT2D eigenvalue weighted by Crippen LogP contribution is -2.28. The summed E-state index contributed by atoms with van der Waals surface area (Å²) in [7, 11) is 0. The average Bonchev–Trinajstić information content (AvgIpc) is 2.54. The maximum atomic E-state index is 13.7. The number of benzene rings is 2. The minimum Gasteiger partial charge on any atom is -0.486 e. The Morgan fingerprint density at radius 2 is 1.91 bits per heavy atom. The van der Waals surface area contributed by atoms with E-state index in [9.17, 15) is 4.39 Å². The normalized spacial score (nSPS) is 12.6. The Labute approximate surface area is 143 Å². The summed E-state index contributed by atoms with van der Waals surface area (Å²) in [6, 6.07) is 10.0. The van der Waals surface area contributed by atoms with Crippen LogP contribution in [-0.2, 0) is 6.54 Å². The molecule has 0 atom stereocenters. The van der Waals surface area contributed by atoms with Crippen LogP contribution in [0.15, 0.2) is 36.4 Å². The summed E-state index contributed by atoms with van der Waals surface area (Å²) in [6.45, 7) is 1.33. The van der Waals surface area contributed by atoms with Crippen LogP contribution in [0.25, 0.3) is 0 Å². The Hall–Kier alpha value is -2.05. The quantitative estimate of drug-likeness (QED) is 0.824. The van der Waals surface area contributed by atoms with Crippen LogP contribution < -0.4 is 20.1 Å². The molecule has 120 valence electrons. The SMILES string of the molecule is Fc1cc(Cl)ccc1CNC(=S)Nc1ccc2c(c1)OCCO2. The van der Waals surface area contributed by atoms with E-state index >= 15 is 0 Å². The number of rotatable bonds is 3. The van der Waals surface area contributed by atoms with E-state index in [2.05, 4.69) is 10.6 Å². The molecule has 0 bridgehead atoms. The van der Waals surface area contributed by atoms with Crippen molar-refractivity contribution in [3.8, 4) is 11.5 Å². The zero-order valence-electron chi connectivity index (χ0n) is 12.1. The molecule has 1 aliphatic heterocycles. The zero-order valence-corrected chi connectivity index (χ0v) is 13.6. The lowest BCUT2D eigenvalue weighted by molar-refractivity contribution is 0.171. The molecule has 0 saturated heterocycles. The van der Waals surface area contributed by atoms with Gasteiger partial charge in [-0.05, 0) is 36.5 Å². The highest BCUT2D eigenvalue weighted by molar-refractivity contribution is 7.80. The molecule has 0 unspecified atom stereocenters. The largest absolute Gasteiger partial charge is 0.486 e. The molecule has 0 aliphatic carbocycles. The van der Waals surface area contributed by atoms with Crippen LogP contribution in [0.5, 0.6) is 11.5 Å². The molecule has 2 aromatic rings. The number of nitrogens with one attached hydrogen (secondary N) is 2. The number of thiocarbonyl (C=S) groups is 1. The smallest absolute Gasteiger partial charge is 0.171 e. The summed E-state index contributed by atoms with van der Waals surface area (Å²) in [4.78, 5) is 0. The summed E-state index contributed by atoms with van der Waals surface area (Å²) in [5.74, 6) is 1.02. The highest BCUT2D eigenvalue weighted by atomic mass is 35.5. The van der Waals surface area contributed by atoms with Crippen LogP contribution in [0.3, 0.4) is 0 Å². The van der Waals surface area contributed by atoms with Gasteiger partial charge < -0.3 is 20.1 Å². The second-order valence-corrected chi connectivity index (χ2v) is 5.75. The molecular weight excluding hydrogens is 339 g/mol. The third kappa shape index (κ3) is 4.03. The van der Waals surface area contributed by atoms with Gasteiger partial charge in [0, 0.05) is 28.9 Å². The van der Waals surface area contributed by atoms with Crippen molar-refractivity contribution in [2.45, 2.75) is 6.54 Å². The van der Waals surface area contributed by atoms with Crippen LogP contribution >= 0.6 is 23.8 Å². The predicted octanol–water partition coefficient (Wildman–Crippen LogP) is 3.74. The van der Waals surface area contributed by atoms with Gasteiger partial charge in [0.1, 0.15) is 19.0 Å². The summed E-state index contributed by atoms with van der Waals surface area (Å²) in [6.07, 6.45) is 0. The van der Waals surface area contributed by atoms with Gasteiger partial charge in [0.15, 0.2) is 16.6 Å². The number of ether oxygens (including phenoxy) is 2. The first-order chi connectivity index (χ1) is 11.1. The third-order valence-corrected chi connectivity index (χ3v) is 3.74. The van der Waals surface area contributed by atoms with Crippen molar-refractivity contribution < 1.29 is 13.9 Å². The average molecular weight is 353 g/mol. The van der Waals surface area contributed by atoms with Gasteiger partial charge in [0.25, 0.3) is 0 Å². The van der Waals surface area contributed by atoms with E-state index in [1.54, 1.807) is 12.1 Å². The van der Waals surface area contributed by atoms with Crippen molar-refractivity contribution >= 4 is 34.6 Å². The summed E-state index contributed by atoms with van der Waals surface area (Å²) in [5, 5.41) is 6.73. The lowest BCUT2D eigenvalue weighted by Gasteiger charge is -2.19. The van der Waals surface area contributed by atoms with Crippen LogP contribution in [0.2, 0.25) is 5.02 Å². The van der Waals surface area contributed by atoms with E-state index in [4.69, 9.17) is 33.3 Å². The van der Waals surface area contributed by atoms with Gasteiger partial charge in [-0.3, -0.25) is 0 Å². The maximum absolute atomic E-state index is 13.7. The van der Waals surface area contributed by atoms with E-state index in [1.807, 2.05) is 18.2 Å². The van der Waals surface area contributed by atoms with Gasteiger partial charge in [-0.25, -0.2) is 4.39 Å². The summed E-state index contributed by atoms with van der Waals surface area (Å²) in [5.41, 5.74) is 1.25. The molecular formula is C16H14ClFN2O2S. The van der Waals surface area contributed by atoms with Crippen molar-refractivity contribution in [3.05, 3.63) is 52.8 Å². The number of halogens is 2. The predicted molar refractivity (Wildman–Crippen MR) is 91.9 cm³/mol. The molecule has 0 spiro atoms. The number of hydrogen-bond acceptors (Lipinski definition) is 3. The molecule has 2 N–H and O–H groups in total. The third-order valence-electron chi connectivity index (χ3n) is 3.25. The number of fused-ring (bicyclic) bond motifs is 1. The summed E-state index contributed by atoms with van der Waals surface area (Å²) < 4.78 is 24.7. The van der Waals surface area contributed by atoms with Crippen LogP contribution in [0.4, 0.5) is 10.1 Å². The van der Waals surface area contributed by atoms with Crippen molar-refractivity contribution in [1.82, 2.24) is 5.32 Å². The maximum Gasteiger partial charge on any atom is 0.171 e. The highest BCUT2D eigenvalue weighted by Gasteiger charge is 2.12. The van der Waals surface area contributed by atoms with E-state index in [-0.39, 0.29) is 12.4 Å². The van der Waals surface area contributed by atoms with E-state index in [0.717, 1.165) is 5.69 Å². The second-order valence-electron chi connectivity index (χ2n) is 4.90. The zero-order chi connectivity index (χ0) is 16.2. The Bertz CT molecular complexity index is 742. The Morgan fingerprint density at radius 3 is 2.70 bits per heavy atom. The second kappa shape index (κ2) is 7.02. The first kappa shape index (κ1) is 15.8. The Kier molecular flexibility index (Phi) is 4.83. The molecule has 4 nitrogen and oxygen atoms in total. The molecule has 1 heterocycles. The van der Waals surface area contributed by atoms with Gasteiger partial charge in [-0.15, -0.1) is 0 Å². The fraction of sp³-hybridized carbons (Fsp3) is 0.188. The summed E-state index contributed by atoms with van der Waals surface area (Å²) >= 11 is 10.9. The van der Waals surface area contributed by atoms with Gasteiger partial charge in [0.05, 0.1) is 0 Å². The van der Waals surface area contributed by atoms with Crippen LogP contribution in [0.1, 0.15) is 5.56 Å². The Morgan fingerprint density at radius 1 is 1.13 bits per heavy atom. The highest BCUT2D eigenvalue weighted by Crippen LogP contribution is 2.32. The van der Waals surface area contributed by atoms with Gasteiger partial charge in [-0.1, -0.05) is 17.7 Å². The van der Waals surface area contributed by atoms with Crippen molar-refractivity contribution in [3.63, 3.8) is 0 Å². The molecule has 23 heavy (non-hydrogen) atoms. The number of hydrogen-bond donors (Lipinski definition) is 2. The standard InChI is InChI=1S/C16H14ClFN2O2S/c17-11-2-1-10(13(18)7-11)9-19-16(23)20-12-3-4-14-15(8-12)22-6-5-21-14/h1-4,7-8H,5-6,9H2,(H2,19,20,23). The van der Waals surface area contributed by atoms with Crippen LogP contribution in [-0.4, -0.2) is 18.3 Å². The molecule has 1 aliphatic rings. The van der Waals surface area contributed by atoms with E-state index in [0.29, 0.717) is 40.4 Å². The Balaban J connectivity index is 1.59. The molecule has 0 saturated carbocycles. The first-order valence-corrected chi connectivity index (χ1v) is 7.79. The van der Waals surface area contributed by atoms with Gasteiger partial charge in [-0.2, -0.15) is 0 Å². The molecule has 0 aromatic heterocycles. The molecule has 0 fully saturated rings. The fourth-order valence-corrected chi connectivity index (χ4v) is 2.49. The molecule has 3 rings (SSSR count). The fourth-order valence-electron chi connectivity index (χ4n) is 2.14. The monoisotopic (exact) mass is 352 g/mol. The van der Waals surface area contributed by atoms with Gasteiger partial charge >= 0.3 is 0 Å². The van der Waals surface area contributed by atoms with E-state index in [1.165, 1.54) is 6.07 Å². The molecule has 0 amide bonds. The van der Waals surface area contributed by atoms with Crippen LogP contribution in [0, 0.1) is 5.82 Å². The van der Waals surface area contributed by atoms with Crippen molar-refractivity contribution in [2.24, 2.45) is 0 Å². The molecule has 2 aromatic carbocycles. The van der Waals surface area contributed by atoms with Crippen molar-refractivity contribution in [2.75, 3.05) is 18.5 Å². The minimum absolute atomic E-state index is 0.263. The van der Waals surface area contributed by atoms with Crippen molar-refractivity contribution in [1.29, 1.82) is 0 Å². The molecule has 7 heteroatoms.